The van der Waals surface area contributed by atoms with E-state index in [0.29, 0.717) is 30.2 Å². The SMILES string of the molecule is CCN(CCNC(=O)C(F)(F)C(F)(F)C(F)(F)F)CCNc1ccnc2cc(Cl)ccc12. The number of carbonyl (C=O) groups is 1. The lowest BCUT2D eigenvalue weighted by atomic mass is 10.1. The van der Waals surface area contributed by atoms with Gasteiger partial charge >= 0.3 is 18.0 Å². The first kappa shape index (κ1) is 25.9. The van der Waals surface area contributed by atoms with Crippen molar-refractivity contribution in [3.05, 3.63) is 35.5 Å². The summed E-state index contributed by atoms with van der Waals surface area (Å²) in [5.41, 5.74) is 1.44. The number of nitrogens with one attached hydrogen (secondary N) is 2. The van der Waals surface area contributed by atoms with Crippen molar-refractivity contribution in [2.45, 2.75) is 24.9 Å². The second-order valence-corrected chi connectivity index (χ2v) is 7.22. The van der Waals surface area contributed by atoms with Gasteiger partial charge in [-0.25, -0.2) is 0 Å². The zero-order valence-electron chi connectivity index (χ0n) is 16.7. The number of nitrogens with zero attached hydrogens (tertiary/aromatic N) is 2. The minimum absolute atomic E-state index is 0.0374. The van der Waals surface area contributed by atoms with Crippen LogP contribution in [0.4, 0.5) is 36.4 Å². The van der Waals surface area contributed by atoms with Crippen molar-refractivity contribution in [3.63, 3.8) is 0 Å². The van der Waals surface area contributed by atoms with Crippen LogP contribution >= 0.6 is 11.6 Å². The first-order chi connectivity index (χ1) is 14.8. The van der Waals surface area contributed by atoms with E-state index in [1.165, 1.54) is 5.32 Å². The molecule has 2 rings (SSSR count). The molecule has 0 unspecified atom stereocenters. The van der Waals surface area contributed by atoms with E-state index in [1.807, 2.05) is 0 Å². The minimum Gasteiger partial charge on any atom is -0.383 e. The average molecular weight is 489 g/mol. The van der Waals surface area contributed by atoms with Crippen molar-refractivity contribution >= 4 is 34.1 Å². The third-order valence-electron chi connectivity index (χ3n) is 4.64. The monoisotopic (exact) mass is 488 g/mol. The molecule has 0 bridgehead atoms. The van der Waals surface area contributed by atoms with Crippen molar-refractivity contribution in [1.29, 1.82) is 0 Å². The summed E-state index contributed by atoms with van der Waals surface area (Å²) in [6.45, 7) is 2.35. The third-order valence-corrected chi connectivity index (χ3v) is 4.88. The molecule has 2 N–H and O–H groups in total. The van der Waals surface area contributed by atoms with E-state index in [0.717, 1.165) is 11.1 Å². The number of fused-ring (bicyclic) bond motifs is 1. The van der Waals surface area contributed by atoms with E-state index < -0.39 is 30.5 Å². The fraction of sp³-hybridized carbons (Fsp3) is 0.474. The third kappa shape index (κ3) is 5.71. The zero-order valence-corrected chi connectivity index (χ0v) is 17.5. The lowest BCUT2D eigenvalue weighted by molar-refractivity contribution is -0.344. The van der Waals surface area contributed by atoms with E-state index in [2.05, 4.69) is 10.3 Å². The lowest BCUT2D eigenvalue weighted by Crippen LogP contribution is -2.59. The van der Waals surface area contributed by atoms with Crippen molar-refractivity contribution in [1.82, 2.24) is 15.2 Å². The molecule has 0 aliphatic rings. The van der Waals surface area contributed by atoms with E-state index >= 15 is 0 Å². The van der Waals surface area contributed by atoms with Gasteiger partial charge in [0.1, 0.15) is 0 Å². The number of alkyl halides is 7. The van der Waals surface area contributed by atoms with Crippen molar-refractivity contribution in [2.24, 2.45) is 0 Å². The Kier molecular flexibility index (Phi) is 8.16. The Labute approximate surface area is 183 Å². The second-order valence-electron chi connectivity index (χ2n) is 6.78. The van der Waals surface area contributed by atoms with Gasteiger partial charge in [-0.1, -0.05) is 18.5 Å². The summed E-state index contributed by atoms with van der Waals surface area (Å²) >= 11 is 5.94. The van der Waals surface area contributed by atoms with Gasteiger partial charge in [0, 0.05) is 48.5 Å². The van der Waals surface area contributed by atoms with Gasteiger partial charge in [-0.15, -0.1) is 0 Å². The molecule has 0 radical (unpaired) electrons. The summed E-state index contributed by atoms with van der Waals surface area (Å²) < 4.78 is 88.9. The Morgan fingerprint density at radius 3 is 2.34 bits per heavy atom. The minimum atomic E-state index is -6.56. The lowest BCUT2D eigenvalue weighted by Gasteiger charge is -2.27. The average Bonchev–Trinajstić information content (AvgIpc) is 2.71. The molecule has 0 saturated carbocycles. The van der Waals surface area contributed by atoms with Crippen LogP contribution in [-0.2, 0) is 4.79 Å². The fourth-order valence-electron chi connectivity index (χ4n) is 2.81. The normalized spacial score (nSPS) is 12.9. The van der Waals surface area contributed by atoms with E-state index in [9.17, 15) is 35.5 Å². The maximum Gasteiger partial charge on any atom is 0.460 e. The standard InChI is InChI=1S/C19H20ClF7N4O/c1-2-31(10-8-30-16(32)17(21,22)18(23,24)19(25,26)27)9-7-29-14-5-6-28-15-11-12(20)3-4-13(14)15/h3-6,11H,2,7-10H2,1H3,(H,28,29)(H,30,32). The molecule has 0 aliphatic heterocycles. The van der Waals surface area contributed by atoms with Crippen molar-refractivity contribution in [2.75, 3.05) is 38.0 Å². The Balaban J connectivity index is 1.87. The zero-order chi connectivity index (χ0) is 24.2. The summed E-state index contributed by atoms with van der Waals surface area (Å²) in [5.74, 6) is -15.1. The summed E-state index contributed by atoms with van der Waals surface area (Å²) in [4.78, 5) is 17.2. The highest BCUT2D eigenvalue weighted by atomic mass is 35.5. The molecule has 1 heterocycles. The molecule has 0 saturated heterocycles. The molecule has 0 fully saturated rings. The number of hydrogen-bond acceptors (Lipinski definition) is 4. The number of amides is 1. The Bertz CT molecular complexity index is 940. The quantitative estimate of drug-likeness (QED) is 0.481. The van der Waals surface area contributed by atoms with Crippen LogP contribution in [0.25, 0.3) is 10.9 Å². The molecule has 5 nitrogen and oxygen atoms in total. The summed E-state index contributed by atoms with van der Waals surface area (Å²) in [6, 6.07) is 6.93. The first-order valence-corrected chi connectivity index (χ1v) is 9.80. The Hall–Kier alpha value is -2.34. The van der Waals surface area contributed by atoms with Crippen molar-refractivity contribution < 1.29 is 35.5 Å². The van der Waals surface area contributed by atoms with Crippen LogP contribution in [0, 0.1) is 0 Å². The topological polar surface area (TPSA) is 57.3 Å². The predicted molar refractivity (Wildman–Crippen MR) is 106 cm³/mol. The van der Waals surface area contributed by atoms with Crippen LogP contribution < -0.4 is 10.6 Å². The Morgan fingerprint density at radius 2 is 1.72 bits per heavy atom. The summed E-state index contributed by atoms with van der Waals surface area (Å²) in [6.07, 6.45) is -4.97. The number of anilines is 1. The van der Waals surface area contributed by atoms with Crippen LogP contribution in [-0.4, -0.2) is 66.5 Å². The van der Waals surface area contributed by atoms with Crippen LogP contribution in [0.15, 0.2) is 30.5 Å². The van der Waals surface area contributed by atoms with Crippen LogP contribution in [0.5, 0.6) is 0 Å². The molecule has 178 valence electrons. The molecule has 2 aromatic rings. The number of benzene rings is 1. The molecular formula is C19H20ClF7N4O. The molecule has 0 aliphatic carbocycles. The molecule has 0 spiro atoms. The summed E-state index contributed by atoms with van der Waals surface area (Å²) in [7, 11) is 0. The predicted octanol–water partition coefficient (Wildman–Crippen LogP) is 4.57. The number of aromatic nitrogens is 1. The molecule has 1 amide bonds. The number of carbonyl (C=O) groups excluding carboxylic acids is 1. The van der Waals surface area contributed by atoms with Crippen LogP contribution in [0.3, 0.4) is 0 Å². The summed E-state index contributed by atoms with van der Waals surface area (Å²) in [5, 5.41) is 5.97. The molecular weight excluding hydrogens is 469 g/mol. The first-order valence-electron chi connectivity index (χ1n) is 9.42. The molecule has 1 aromatic carbocycles. The number of pyridine rings is 1. The van der Waals surface area contributed by atoms with Gasteiger partial charge in [-0.05, 0) is 30.8 Å². The van der Waals surface area contributed by atoms with Crippen molar-refractivity contribution in [3.8, 4) is 0 Å². The number of hydrogen-bond donors (Lipinski definition) is 2. The van der Waals surface area contributed by atoms with Crippen LogP contribution in [0.1, 0.15) is 6.92 Å². The highest BCUT2D eigenvalue weighted by Crippen LogP contribution is 2.46. The highest BCUT2D eigenvalue weighted by molar-refractivity contribution is 6.31. The molecule has 0 atom stereocenters. The van der Waals surface area contributed by atoms with Gasteiger partial charge in [0.2, 0.25) is 0 Å². The van der Waals surface area contributed by atoms with E-state index in [4.69, 9.17) is 11.6 Å². The number of likely N-dealkylation sites (N-methyl/N-ethyl adjacent to an activating group) is 1. The highest BCUT2D eigenvalue weighted by Gasteiger charge is 2.76. The Morgan fingerprint density at radius 1 is 1.06 bits per heavy atom. The van der Waals surface area contributed by atoms with Gasteiger partial charge in [0.25, 0.3) is 5.91 Å². The van der Waals surface area contributed by atoms with E-state index in [-0.39, 0.29) is 6.54 Å². The number of halogens is 8. The maximum absolute atomic E-state index is 13.3. The van der Waals surface area contributed by atoms with Gasteiger partial charge in [0.05, 0.1) is 5.52 Å². The van der Waals surface area contributed by atoms with Gasteiger partial charge in [0.15, 0.2) is 0 Å². The van der Waals surface area contributed by atoms with Gasteiger partial charge in [-0.2, -0.15) is 30.7 Å². The second kappa shape index (κ2) is 10.1. The van der Waals surface area contributed by atoms with Gasteiger partial charge in [-0.3, -0.25) is 9.78 Å². The van der Waals surface area contributed by atoms with Crippen LogP contribution in [0.2, 0.25) is 5.02 Å². The maximum atomic E-state index is 13.3. The van der Waals surface area contributed by atoms with Gasteiger partial charge < -0.3 is 15.5 Å². The van der Waals surface area contributed by atoms with E-state index in [1.54, 1.807) is 42.3 Å². The smallest absolute Gasteiger partial charge is 0.383 e. The molecule has 13 heteroatoms. The molecule has 32 heavy (non-hydrogen) atoms. The number of rotatable bonds is 10. The largest absolute Gasteiger partial charge is 0.460 e. The molecule has 1 aromatic heterocycles. The fourth-order valence-corrected chi connectivity index (χ4v) is 2.98.